The lowest BCUT2D eigenvalue weighted by molar-refractivity contribution is 0.175. The highest BCUT2D eigenvalue weighted by molar-refractivity contribution is 5.27. The topological polar surface area (TPSA) is 41.5 Å². The Bertz CT molecular complexity index is 441. The van der Waals surface area contributed by atoms with Crippen LogP contribution in [0.25, 0.3) is 0 Å². The molecule has 0 atom stereocenters. The Hall–Kier alpha value is -1.50. The zero-order valence-electron chi connectivity index (χ0n) is 12.6. The second-order valence-electron chi connectivity index (χ2n) is 5.73. The largest absolute Gasteiger partial charge is 0.493 e. The van der Waals surface area contributed by atoms with Gasteiger partial charge in [0.05, 0.1) is 6.61 Å². The molecule has 2 N–H and O–H groups in total. The van der Waals surface area contributed by atoms with Crippen molar-refractivity contribution in [2.45, 2.75) is 44.7 Å². The highest BCUT2D eigenvalue weighted by Gasteiger charge is 2.19. The van der Waals surface area contributed by atoms with E-state index in [0.29, 0.717) is 31.6 Å². The van der Waals surface area contributed by atoms with Gasteiger partial charge in [0, 0.05) is 25.6 Å². The van der Waals surface area contributed by atoms with E-state index in [-0.39, 0.29) is 0 Å². The summed E-state index contributed by atoms with van der Waals surface area (Å²) < 4.78 is 5.53. The van der Waals surface area contributed by atoms with Crippen molar-refractivity contribution in [3.63, 3.8) is 0 Å². The van der Waals surface area contributed by atoms with Crippen molar-refractivity contribution >= 4 is 0 Å². The highest BCUT2D eigenvalue weighted by atomic mass is 16.5. The second kappa shape index (κ2) is 8.71. The zero-order chi connectivity index (χ0) is 14.9. The summed E-state index contributed by atoms with van der Waals surface area (Å²) in [6, 6.07) is 8.76. The summed E-state index contributed by atoms with van der Waals surface area (Å²) in [6.07, 6.45) is 10.4. The fourth-order valence-electron chi connectivity index (χ4n) is 2.74. The Labute approximate surface area is 127 Å². The first-order valence-corrected chi connectivity index (χ1v) is 7.81. The van der Waals surface area contributed by atoms with Crippen LogP contribution in [0.1, 0.15) is 37.7 Å². The zero-order valence-corrected chi connectivity index (χ0v) is 12.6. The Kier molecular flexibility index (Phi) is 6.59. The third kappa shape index (κ3) is 5.41. The van der Waals surface area contributed by atoms with Crippen LogP contribution in [0, 0.1) is 18.3 Å². The molecule has 0 heterocycles. The number of nitrogens with one attached hydrogen (secondary N) is 1. The molecule has 2 rings (SSSR count). The minimum absolute atomic E-state index is 0.341. The van der Waals surface area contributed by atoms with Crippen LogP contribution in [0.2, 0.25) is 0 Å². The fourth-order valence-corrected chi connectivity index (χ4v) is 2.74. The van der Waals surface area contributed by atoms with E-state index in [1.54, 1.807) is 0 Å². The van der Waals surface area contributed by atoms with Crippen LogP contribution < -0.4 is 10.1 Å². The number of terminal acetylenes is 1. The van der Waals surface area contributed by atoms with Gasteiger partial charge >= 0.3 is 0 Å². The van der Waals surface area contributed by atoms with Gasteiger partial charge in [0.1, 0.15) is 5.75 Å². The molecule has 0 radical (unpaired) electrons. The molecule has 1 aromatic carbocycles. The van der Waals surface area contributed by atoms with Crippen LogP contribution in [0.4, 0.5) is 0 Å². The Balaban J connectivity index is 1.70. The van der Waals surface area contributed by atoms with E-state index in [4.69, 9.17) is 16.3 Å². The van der Waals surface area contributed by atoms with Crippen molar-refractivity contribution in [1.29, 1.82) is 0 Å². The highest BCUT2D eigenvalue weighted by Crippen LogP contribution is 2.24. The second-order valence-corrected chi connectivity index (χ2v) is 5.73. The summed E-state index contributed by atoms with van der Waals surface area (Å²) in [7, 11) is 0. The van der Waals surface area contributed by atoms with E-state index < -0.39 is 0 Å². The molecule has 3 nitrogen and oxygen atoms in total. The van der Waals surface area contributed by atoms with E-state index in [0.717, 1.165) is 25.1 Å². The lowest BCUT2D eigenvalue weighted by Crippen LogP contribution is -2.33. The molecule has 0 spiro atoms. The quantitative estimate of drug-likeness (QED) is 0.598. The molecule has 0 bridgehead atoms. The van der Waals surface area contributed by atoms with Crippen molar-refractivity contribution < 1.29 is 9.84 Å². The average molecular weight is 287 g/mol. The van der Waals surface area contributed by atoms with E-state index in [1.807, 2.05) is 12.1 Å². The number of ether oxygens (including phenoxy) is 1. The summed E-state index contributed by atoms with van der Waals surface area (Å²) in [5.41, 5.74) is 1.27. The van der Waals surface area contributed by atoms with Gasteiger partial charge in [0.15, 0.2) is 0 Å². The van der Waals surface area contributed by atoms with Gasteiger partial charge in [-0.3, -0.25) is 0 Å². The number of rotatable bonds is 7. The molecule has 1 aromatic rings. The van der Waals surface area contributed by atoms with Crippen molar-refractivity contribution in [2.24, 2.45) is 5.92 Å². The minimum atomic E-state index is 0.341. The van der Waals surface area contributed by atoms with Crippen LogP contribution in [-0.4, -0.2) is 24.4 Å². The molecule has 0 amide bonds. The van der Waals surface area contributed by atoms with Crippen molar-refractivity contribution in [3.05, 3.63) is 29.8 Å². The number of aliphatic hydroxyl groups excluding tert-OH is 1. The number of benzene rings is 1. The summed E-state index contributed by atoms with van der Waals surface area (Å²) in [4.78, 5) is 0. The van der Waals surface area contributed by atoms with Crippen LogP contribution in [0.15, 0.2) is 24.3 Å². The van der Waals surface area contributed by atoms with Gasteiger partial charge in [-0.15, -0.1) is 12.3 Å². The lowest BCUT2D eigenvalue weighted by atomic mass is 9.86. The Morgan fingerprint density at radius 2 is 1.90 bits per heavy atom. The monoisotopic (exact) mass is 287 g/mol. The van der Waals surface area contributed by atoms with Gasteiger partial charge in [0.25, 0.3) is 0 Å². The predicted octanol–water partition coefficient (Wildman–Crippen LogP) is 2.73. The number of hydrogen-bond donors (Lipinski definition) is 2. The summed E-state index contributed by atoms with van der Waals surface area (Å²) >= 11 is 0. The molecule has 0 aromatic heterocycles. The third-order valence-corrected chi connectivity index (χ3v) is 4.14. The maximum Gasteiger partial charge on any atom is 0.119 e. The standard InChI is InChI=1S/C18H25NO2/c1-2-3-12-21-18-10-6-15(7-11-18)13-19-17-8-4-16(14-20)5-9-17/h1,6-7,10-11,16-17,19-20H,3-5,8-9,12-14H2. The molecule has 0 aliphatic heterocycles. The summed E-state index contributed by atoms with van der Waals surface area (Å²) in [6.45, 7) is 1.80. The van der Waals surface area contributed by atoms with Crippen LogP contribution in [0.3, 0.4) is 0 Å². The van der Waals surface area contributed by atoms with Gasteiger partial charge in [-0.2, -0.15) is 0 Å². The van der Waals surface area contributed by atoms with Crippen molar-refractivity contribution in [1.82, 2.24) is 5.32 Å². The SMILES string of the molecule is C#CCCOc1ccc(CNC2CCC(CO)CC2)cc1. The van der Waals surface area contributed by atoms with Crippen LogP contribution in [0.5, 0.6) is 5.75 Å². The molecule has 0 unspecified atom stereocenters. The van der Waals surface area contributed by atoms with E-state index in [2.05, 4.69) is 23.4 Å². The molecular formula is C18H25NO2. The molecule has 0 saturated heterocycles. The van der Waals surface area contributed by atoms with Gasteiger partial charge in [-0.1, -0.05) is 12.1 Å². The molecular weight excluding hydrogens is 262 g/mol. The molecule has 1 saturated carbocycles. The van der Waals surface area contributed by atoms with Gasteiger partial charge in [-0.25, -0.2) is 0 Å². The maximum absolute atomic E-state index is 9.15. The minimum Gasteiger partial charge on any atom is -0.493 e. The summed E-state index contributed by atoms with van der Waals surface area (Å²) in [5.74, 6) is 3.95. The molecule has 1 aliphatic carbocycles. The van der Waals surface area contributed by atoms with Gasteiger partial charge < -0.3 is 15.2 Å². The van der Waals surface area contributed by atoms with Crippen molar-refractivity contribution in [3.8, 4) is 18.1 Å². The molecule has 21 heavy (non-hydrogen) atoms. The first-order valence-electron chi connectivity index (χ1n) is 7.81. The van der Waals surface area contributed by atoms with Crippen molar-refractivity contribution in [2.75, 3.05) is 13.2 Å². The third-order valence-electron chi connectivity index (χ3n) is 4.14. The maximum atomic E-state index is 9.15. The first kappa shape index (κ1) is 15.9. The Morgan fingerprint density at radius 3 is 2.52 bits per heavy atom. The Morgan fingerprint density at radius 1 is 1.19 bits per heavy atom. The predicted molar refractivity (Wildman–Crippen MR) is 85.1 cm³/mol. The lowest BCUT2D eigenvalue weighted by Gasteiger charge is -2.28. The van der Waals surface area contributed by atoms with Crippen LogP contribution in [-0.2, 0) is 6.54 Å². The normalized spacial score (nSPS) is 21.7. The number of aliphatic hydroxyl groups is 1. The van der Waals surface area contributed by atoms with Crippen LogP contribution >= 0.6 is 0 Å². The molecule has 114 valence electrons. The van der Waals surface area contributed by atoms with E-state index in [9.17, 15) is 0 Å². The van der Waals surface area contributed by atoms with E-state index >= 15 is 0 Å². The fraction of sp³-hybridized carbons (Fsp3) is 0.556. The summed E-state index contributed by atoms with van der Waals surface area (Å²) in [5, 5.41) is 12.8. The van der Waals surface area contributed by atoms with Gasteiger partial charge in [-0.05, 0) is 49.3 Å². The smallest absolute Gasteiger partial charge is 0.119 e. The van der Waals surface area contributed by atoms with Gasteiger partial charge in [0.2, 0.25) is 0 Å². The number of hydrogen-bond acceptors (Lipinski definition) is 3. The molecule has 1 fully saturated rings. The molecule has 1 aliphatic rings. The average Bonchev–Trinajstić information content (AvgIpc) is 2.55. The molecule has 3 heteroatoms. The first-order chi connectivity index (χ1) is 10.3. The van der Waals surface area contributed by atoms with E-state index in [1.165, 1.54) is 18.4 Å².